The maximum atomic E-state index is 10.4. The van der Waals surface area contributed by atoms with Crippen molar-refractivity contribution in [3.63, 3.8) is 0 Å². The fraction of sp³-hybridized carbons (Fsp3) is 0.562. The van der Waals surface area contributed by atoms with Gasteiger partial charge in [0.05, 0.1) is 0 Å². The van der Waals surface area contributed by atoms with Crippen LogP contribution < -0.4 is 10.2 Å². The molecule has 4 nitrogen and oxygen atoms in total. The summed E-state index contributed by atoms with van der Waals surface area (Å²) in [5.41, 5.74) is 2.42. The first-order chi connectivity index (χ1) is 9.75. The van der Waals surface area contributed by atoms with Gasteiger partial charge in [-0.3, -0.25) is 4.79 Å². The van der Waals surface area contributed by atoms with E-state index in [0.29, 0.717) is 0 Å². The van der Waals surface area contributed by atoms with Gasteiger partial charge in [0.1, 0.15) is 0 Å². The number of rotatable bonds is 7. The van der Waals surface area contributed by atoms with Gasteiger partial charge in [0, 0.05) is 37.4 Å². The van der Waals surface area contributed by atoms with Gasteiger partial charge in [-0.15, -0.1) is 0 Å². The van der Waals surface area contributed by atoms with Crippen LogP contribution in [0.5, 0.6) is 0 Å². The van der Waals surface area contributed by atoms with Crippen LogP contribution >= 0.6 is 0 Å². The molecule has 0 spiro atoms. The van der Waals surface area contributed by atoms with Gasteiger partial charge in [-0.05, 0) is 56.4 Å². The van der Waals surface area contributed by atoms with Crippen molar-refractivity contribution >= 4 is 17.3 Å². The van der Waals surface area contributed by atoms with E-state index >= 15 is 0 Å². The van der Waals surface area contributed by atoms with E-state index in [1.54, 1.807) is 0 Å². The number of benzene rings is 1. The number of unbranched alkanes of at least 4 members (excludes halogenated alkanes) is 1. The van der Waals surface area contributed by atoms with Crippen LogP contribution in [0.3, 0.4) is 0 Å². The van der Waals surface area contributed by atoms with Crippen LogP contribution in [0.1, 0.15) is 38.5 Å². The maximum absolute atomic E-state index is 10.4. The molecule has 0 unspecified atom stereocenters. The van der Waals surface area contributed by atoms with Gasteiger partial charge >= 0.3 is 5.97 Å². The number of carboxylic acids is 1. The summed E-state index contributed by atoms with van der Waals surface area (Å²) in [6.45, 7) is 3.17. The molecule has 110 valence electrons. The number of nitrogens with one attached hydrogen (secondary N) is 1. The second-order valence-corrected chi connectivity index (χ2v) is 5.37. The molecular weight excluding hydrogens is 252 g/mol. The Hall–Kier alpha value is -1.71. The zero-order valence-corrected chi connectivity index (χ0v) is 12.0. The SMILES string of the molecule is O=C(O)CCCCNc1ccc(N2CCCCC2)cc1. The van der Waals surface area contributed by atoms with Crippen LogP contribution in [0.2, 0.25) is 0 Å². The third-order valence-corrected chi connectivity index (χ3v) is 3.74. The Bertz CT molecular complexity index is 411. The Balaban J connectivity index is 1.72. The van der Waals surface area contributed by atoms with Crippen LogP contribution in [0.25, 0.3) is 0 Å². The molecule has 0 aromatic heterocycles. The van der Waals surface area contributed by atoms with Crippen LogP contribution in [0.15, 0.2) is 24.3 Å². The number of carboxylic acid groups (broad SMARTS) is 1. The number of aliphatic carboxylic acids is 1. The molecule has 0 radical (unpaired) electrons. The molecule has 0 saturated carbocycles. The number of anilines is 2. The Kier molecular flexibility index (Phi) is 5.71. The Labute approximate surface area is 120 Å². The molecule has 20 heavy (non-hydrogen) atoms. The second-order valence-electron chi connectivity index (χ2n) is 5.37. The molecule has 1 aromatic carbocycles. The molecule has 1 saturated heterocycles. The highest BCUT2D eigenvalue weighted by molar-refractivity contribution is 5.66. The zero-order chi connectivity index (χ0) is 14.2. The smallest absolute Gasteiger partial charge is 0.303 e. The first-order valence-corrected chi connectivity index (χ1v) is 7.56. The van der Waals surface area contributed by atoms with Crippen molar-refractivity contribution in [1.29, 1.82) is 0 Å². The third kappa shape index (κ3) is 4.76. The van der Waals surface area contributed by atoms with E-state index in [-0.39, 0.29) is 6.42 Å². The van der Waals surface area contributed by atoms with Crippen molar-refractivity contribution in [1.82, 2.24) is 0 Å². The first kappa shape index (κ1) is 14.7. The highest BCUT2D eigenvalue weighted by atomic mass is 16.4. The summed E-state index contributed by atoms with van der Waals surface area (Å²) in [5, 5.41) is 11.9. The summed E-state index contributed by atoms with van der Waals surface area (Å²) in [5.74, 6) is -0.712. The van der Waals surface area contributed by atoms with Gasteiger partial charge in [0.25, 0.3) is 0 Å². The average molecular weight is 276 g/mol. The van der Waals surface area contributed by atoms with Crippen molar-refractivity contribution in [2.24, 2.45) is 0 Å². The highest BCUT2D eigenvalue weighted by Gasteiger charge is 2.10. The normalized spacial score (nSPS) is 15.1. The van der Waals surface area contributed by atoms with Crippen molar-refractivity contribution in [3.05, 3.63) is 24.3 Å². The predicted molar refractivity (Wildman–Crippen MR) is 82.5 cm³/mol. The van der Waals surface area contributed by atoms with Crippen LogP contribution in [0, 0.1) is 0 Å². The van der Waals surface area contributed by atoms with E-state index in [0.717, 1.165) is 25.1 Å². The lowest BCUT2D eigenvalue weighted by molar-refractivity contribution is -0.137. The van der Waals surface area contributed by atoms with Gasteiger partial charge in [-0.1, -0.05) is 0 Å². The van der Waals surface area contributed by atoms with E-state index in [4.69, 9.17) is 5.11 Å². The van der Waals surface area contributed by atoms with Crippen molar-refractivity contribution < 1.29 is 9.90 Å². The average Bonchev–Trinajstić information content (AvgIpc) is 2.48. The quantitative estimate of drug-likeness (QED) is 0.750. The summed E-state index contributed by atoms with van der Waals surface area (Å²) in [4.78, 5) is 12.8. The third-order valence-electron chi connectivity index (χ3n) is 3.74. The number of hydrogen-bond donors (Lipinski definition) is 2. The molecule has 1 aromatic rings. The van der Waals surface area contributed by atoms with Crippen molar-refractivity contribution in [3.8, 4) is 0 Å². The fourth-order valence-corrected chi connectivity index (χ4v) is 2.58. The molecule has 0 bridgehead atoms. The number of hydrogen-bond acceptors (Lipinski definition) is 3. The topological polar surface area (TPSA) is 52.6 Å². The van der Waals surface area contributed by atoms with E-state index in [9.17, 15) is 4.79 Å². The number of piperidine rings is 1. The largest absolute Gasteiger partial charge is 0.481 e. The lowest BCUT2D eigenvalue weighted by Crippen LogP contribution is -2.29. The first-order valence-electron chi connectivity index (χ1n) is 7.56. The molecule has 0 aliphatic carbocycles. The summed E-state index contributed by atoms with van der Waals surface area (Å²) in [7, 11) is 0. The minimum atomic E-state index is -0.712. The lowest BCUT2D eigenvalue weighted by Gasteiger charge is -2.28. The van der Waals surface area contributed by atoms with Gasteiger partial charge in [-0.2, -0.15) is 0 Å². The number of nitrogens with zero attached hydrogens (tertiary/aromatic N) is 1. The molecular formula is C16H24N2O2. The molecule has 1 heterocycles. The molecule has 4 heteroatoms. The zero-order valence-electron chi connectivity index (χ0n) is 12.0. The van der Waals surface area contributed by atoms with E-state index < -0.39 is 5.97 Å². The number of carbonyl (C=O) groups is 1. The van der Waals surface area contributed by atoms with Crippen LogP contribution in [0.4, 0.5) is 11.4 Å². The summed E-state index contributed by atoms with van der Waals surface area (Å²) >= 11 is 0. The standard InChI is InChI=1S/C16H24N2O2/c19-16(20)6-2-3-11-17-14-7-9-15(10-8-14)18-12-4-1-5-13-18/h7-10,17H,1-6,11-13H2,(H,19,20). The summed E-state index contributed by atoms with van der Waals surface area (Å²) < 4.78 is 0. The Morgan fingerprint density at radius 2 is 1.80 bits per heavy atom. The molecule has 1 aliphatic heterocycles. The van der Waals surface area contributed by atoms with E-state index in [1.807, 2.05) is 0 Å². The van der Waals surface area contributed by atoms with E-state index in [2.05, 4.69) is 34.5 Å². The van der Waals surface area contributed by atoms with Gasteiger partial charge < -0.3 is 15.3 Å². The Morgan fingerprint density at radius 3 is 2.45 bits per heavy atom. The van der Waals surface area contributed by atoms with Crippen molar-refractivity contribution in [2.45, 2.75) is 38.5 Å². The molecule has 0 amide bonds. The minimum Gasteiger partial charge on any atom is -0.481 e. The lowest BCUT2D eigenvalue weighted by atomic mass is 10.1. The predicted octanol–water partition coefficient (Wildman–Crippen LogP) is 3.34. The molecule has 1 aliphatic rings. The van der Waals surface area contributed by atoms with Crippen LogP contribution in [-0.4, -0.2) is 30.7 Å². The van der Waals surface area contributed by atoms with E-state index in [1.165, 1.54) is 38.0 Å². The van der Waals surface area contributed by atoms with Crippen molar-refractivity contribution in [2.75, 3.05) is 29.9 Å². The fourth-order valence-electron chi connectivity index (χ4n) is 2.58. The van der Waals surface area contributed by atoms with Gasteiger partial charge in [0.2, 0.25) is 0 Å². The minimum absolute atomic E-state index is 0.260. The monoisotopic (exact) mass is 276 g/mol. The van der Waals surface area contributed by atoms with Crippen LogP contribution in [-0.2, 0) is 4.79 Å². The summed E-state index contributed by atoms with van der Waals surface area (Å²) in [6, 6.07) is 8.57. The Morgan fingerprint density at radius 1 is 1.10 bits per heavy atom. The molecule has 0 atom stereocenters. The van der Waals surface area contributed by atoms with Gasteiger partial charge in [0.15, 0.2) is 0 Å². The molecule has 2 N–H and O–H groups in total. The second kappa shape index (κ2) is 7.78. The summed E-state index contributed by atoms with van der Waals surface area (Å²) in [6.07, 6.45) is 5.82. The van der Waals surface area contributed by atoms with Gasteiger partial charge in [-0.25, -0.2) is 0 Å². The maximum Gasteiger partial charge on any atom is 0.303 e. The molecule has 1 fully saturated rings. The highest BCUT2D eigenvalue weighted by Crippen LogP contribution is 2.21. The molecule has 2 rings (SSSR count).